The highest BCUT2D eigenvalue weighted by molar-refractivity contribution is 7.09. The van der Waals surface area contributed by atoms with Gasteiger partial charge < -0.3 is 9.84 Å². The zero-order valence-corrected chi connectivity index (χ0v) is 16.1. The number of carbonyl (C=O) groups excluding carboxylic acids is 1. The molecule has 0 aliphatic carbocycles. The van der Waals surface area contributed by atoms with E-state index in [0.29, 0.717) is 23.2 Å². The molecule has 0 saturated carbocycles. The molecule has 2 rings (SSSR count). The van der Waals surface area contributed by atoms with Crippen LogP contribution in [-0.4, -0.2) is 26.8 Å². The number of anilines is 1. The Balaban J connectivity index is 2.01. The second kappa shape index (κ2) is 7.93. The van der Waals surface area contributed by atoms with Gasteiger partial charge in [-0.25, -0.2) is 14.8 Å². The third kappa shape index (κ3) is 6.10. The fourth-order valence-corrected chi connectivity index (χ4v) is 3.07. The van der Waals surface area contributed by atoms with E-state index >= 15 is 0 Å². The van der Waals surface area contributed by atoms with E-state index in [0.717, 1.165) is 11.3 Å². The minimum atomic E-state index is -0.686. The van der Waals surface area contributed by atoms with Gasteiger partial charge in [0.1, 0.15) is 22.5 Å². The van der Waals surface area contributed by atoms with Gasteiger partial charge in [0, 0.05) is 18.0 Å². The summed E-state index contributed by atoms with van der Waals surface area (Å²) >= 11 is 1.46. The van der Waals surface area contributed by atoms with E-state index < -0.39 is 17.8 Å². The molecule has 0 saturated heterocycles. The molecule has 0 aromatic carbocycles. The summed E-state index contributed by atoms with van der Waals surface area (Å²) in [5.41, 5.74) is 1.27. The van der Waals surface area contributed by atoms with E-state index in [1.807, 2.05) is 5.38 Å². The van der Waals surface area contributed by atoms with Crippen molar-refractivity contribution in [3.63, 3.8) is 0 Å². The first-order valence-corrected chi connectivity index (χ1v) is 9.10. The Bertz CT molecular complexity index is 722. The monoisotopic (exact) mass is 363 g/mol. The number of carbonyl (C=O) groups is 1. The minimum Gasteiger partial charge on any atom is -0.444 e. The molecule has 2 N–H and O–H groups in total. The number of aliphatic hydroxyl groups is 1. The van der Waals surface area contributed by atoms with E-state index in [-0.39, 0.29) is 0 Å². The van der Waals surface area contributed by atoms with Crippen molar-refractivity contribution < 1.29 is 14.6 Å². The maximum absolute atomic E-state index is 11.8. The van der Waals surface area contributed by atoms with E-state index in [1.54, 1.807) is 39.1 Å². The molecule has 1 amide bonds. The van der Waals surface area contributed by atoms with Crippen molar-refractivity contribution in [1.29, 1.82) is 0 Å². The molecule has 7 heteroatoms. The number of aliphatic hydroxyl groups excluding tert-OH is 1. The molecule has 2 aromatic rings. The molecule has 0 spiro atoms. The van der Waals surface area contributed by atoms with Crippen LogP contribution < -0.4 is 5.32 Å². The van der Waals surface area contributed by atoms with Crippen LogP contribution in [0.2, 0.25) is 0 Å². The molecule has 0 aliphatic heterocycles. The smallest absolute Gasteiger partial charge is 0.413 e. The quantitative estimate of drug-likeness (QED) is 0.828. The summed E-state index contributed by atoms with van der Waals surface area (Å²) in [6.07, 6.45) is 0.751. The molecule has 6 nitrogen and oxygen atoms in total. The number of rotatable bonds is 5. The van der Waals surface area contributed by atoms with Crippen LogP contribution in [0, 0.1) is 0 Å². The average molecular weight is 363 g/mol. The fourth-order valence-electron chi connectivity index (χ4n) is 2.11. The third-order valence-electron chi connectivity index (χ3n) is 3.30. The molecule has 136 valence electrons. The van der Waals surface area contributed by atoms with Gasteiger partial charge in [0.05, 0.1) is 5.69 Å². The topological polar surface area (TPSA) is 84.3 Å². The molecule has 0 aliphatic rings. The minimum absolute atomic E-state index is 0.336. The molecule has 1 atom stereocenters. The highest BCUT2D eigenvalue weighted by Crippen LogP contribution is 2.25. The largest absolute Gasteiger partial charge is 0.444 e. The number of amides is 1. The molecular formula is C18H25N3O3S. The molecule has 1 unspecified atom stereocenters. The number of aromatic nitrogens is 2. The van der Waals surface area contributed by atoms with E-state index in [2.05, 4.69) is 29.1 Å². The van der Waals surface area contributed by atoms with Crippen LogP contribution in [0.4, 0.5) is 10.6 Å². The summed E-state index contributed by atoms with van der Waals surface area (Å²) in [7, 11) is 0. The summed E-state index contributed by atoms with van der Waals surface area (Å²) in [5, 5.41) is 15.7. The van der Waals surface area contributed by atoms with Crippen molar-refractivity contribution in [1.82, 2.24) is 9.97 Å². The first-order valence-electron chi connectivity index (χ1n) is 8.22. The van der Waals surface area contributed by atoms with Crippen LogP contribution in [0.15, 0.2) is 23.7 Å². The lowest BCUT2D eigenvalue weighted by Gasteiger charge is -2.19. The molecule has 0 radical (unpaired) electrons. The Morgan fingerprint density at radius 3 is 2.72 bits per heavy atom. The van der Waals surface area contributed by atoms with E-state index in [1.165, 1.54) is 11.3 Å². The maximum Gasteiger partial charge on any atom is 0.413 e. The summed E-state index contributed by atoms with van der Waals surface area (Å²) < 4.78 is 5.21. The van der Waals surface area contributed by atoms with Crippen molar-refractivity contribution in [2.45, 2.75) is 58.7 Å². The number of hydrogen-bond donors (Lipinski definition) is 2. The molecule has 25 heavy (non-hydrogen) atoms. The van der Waals surface area contributed by atoms with Gasteiger partial charge in [-0.2, -0.15) is 0 Å². The lowest BCUT2D eigenvalue weighted by molar-refractivity contribution is 0.0635. The lowest BCUT2D eigenvalue weighted by atomic mass is 10.1. The Kier molecular flexibility index (Phi) is 6.13. The second-order valence-corrected chi connectivity index (χ2v) is 8.05. The highest BCUT2D eigenvalue weighted by Gasteiger charge is 2.18. The van der Waals surface area contributed by atoms with Gasteiger partial charge in [0.25, 0.3) is 0 Å². The van der Waals surface area contributed by atoms with Crippen LogP contribution >= 0.6 is 11.3 Å². The van der Waals surface area contributed by atoms with Crippen molar-refractivity contribution in [3.05, 3.63) is 40.0 Å². The predicted molar refractivity (Wildman–Crippen MR) is 99.0 cm³/mol. The standard InChI is InChI=1S/C18H25N3O3S/c1-11(2)13-10-25-16(20-13)14(22)8-12-6-7-19-15(9-12)21-17(23)24-18(3,4)5/h6-7,9-11,14,22H,8H2,1-5H3,(H,19,21,23). The number of nitrogens with one attached hydrogen (secondary N) is 1. The van der Waals surface area contributed by atoms with Crippen molar-refractivity contribution >= 4 is 23.2 Å². The number of ether oxygens (including phenoxy) is 1. The molecule has 0 bridgehead atoms. The first kappa shape index (κ1) is 19.3. The first-order chi connectivity index (χ1) is 11.6. The third-order valence-corrected chi connectivity index (χ3v) is 4.26. The molecular weight excluding hydrogens is 338 g/mol. The van der Waals surface area contributed by atoms with Crippen LogP contribution in [0.25, 0.3) is 0 Å². The zero-order valence-electron chi connectivity index (χ0n) is 15.2. The summed E-state index contributed by atoms with van der Waals surface area (Å²) in [5.74, 6) is 0.726. The highest BCUT2D eigenvalue weighted by atomic mass is 32.1. The van der Waals surface area contributed by atoms with Gasteiger partial charge in [-0.1, -0.05) is 13.8 Å². The van der Waals surface area contributed by atoms with E-state index in [4.69, 9.17) is 4.74 Å². The maximum atomic E-state index is 11.8. The van der Waals surface area contributed by atoms with Gasteiger partial charge in [-0.05, 0) is 44.4 Å². The zero-order chi connectivity index (χ0) is 18.6. The van der Waals surface area contributed by atoms with Crippen LogP contribution in [0.3, 0.4) is 0 Å². The normalized spacial score (nSPS) is 12.9. The van der Waals surface area contributed by atoms with E-state index in [9.17, 15) is 9.90 Å². The second-order valence-electron chi connectivity index (χ2n) is 7.16. The molecule has 2 aromatic heterocycles. The van der Waals surface area contributed by atoms with Gasteiger partial charge in [-0.3, -0.25) is 5.32 Å². The molecule has 0 fully saturated rings. The van der Waals surface area contributed by atoms with Crippen molar-refractivity contribution in [2.75, 3.05) is 5.32 Å². The van der Waals surface area contributed by atoms with Crippen LogP contribution in [0.1, 0.15) is 62.9 Å². The number of thiazole rings is 1. The van der Waals surface area contributed by atoms with Crippen molar-refractivity contribution in [2.24, 2.45) is 0 Å². The number of nitrogens with zero attached hydrogens (tertiary/aromatic N) is 2. The summed E-state index contributed by atoms with van der Waals surface area (Å²) in [4.78, 5) is 20.4. The Morgan fingerprint density at radius 1 is 1.40 bits per heavy atom. The Labute approximate surface area is 152 Å². The number of hydrogen-bond acceptors (Lipinski definition) is 6. The van der Waals surface area contributed by atoms with Gasteiger partial charge >= 0.3 is 6.09 Å². The number of pyridine rings is 1. The van der Waals surface area contributed by atoms with Crippen molar-refractivity contribution in [3.8, 4) is 0 Å². The van der Waals surface area contributed by atoms with Gasteiger partial charge in [0.2, 0.25) is 0 Å². The summed E-state index contributed by atoms with van der Waals surface area (Å²) in [6, 6.07) is 3.53. The van der Waals surface area contributed by atoms with Gasteiger partial charge in [0.15, 0.2) is 0 Å². The molecule has 2 heterocycles. The van der Waals surface area contributed by atoms with Crippen LogP contribution in [-0.2, 0) is 11.2 Å². The fraction of sp³-hybridized carbons (Fsp3) is 0.500. The SMILES string of the molecule is CC(C)c1csc(C(O)Cc2ccnc(NC(=O)OC(C)(C)C)c2)n1. The predicted octanol–water partition coefficient (Wildman–Crippen LogP) is 4.28. The van der Waals surface area contributed by atoms with Gasteiger partial charge in [-0.15, -0.1) is 11.3 Å². The van der Waals surface area contributed by atoms with Crippen LogP contribution in [0.5, 0.6) is 0 Å². The Hall–Kier alpha value is -1.99. The Morgan fingerprint density at radius 2 is 2.12 bits per heavy atom. The lowest BCUT2D eigenvalue weighted by Crippen LogP contribution is -2.27. The summed E-state index contributed by atoms with van der Waals surface area (Å²) in [6.45, 7) is 9.54. The average Bonchev–Trinajstić information content (AvgIpc) is 2.95.